The van der Waals surface area contributed by atoms with Crippen LogP contribution in [0.5, 0.6) is 0 Å². The normalized spacial score (nSPS) is 11.8. The summed E-state index contributed by atoms with van der Waals surface area (Å²) in [6.45, 7) is 0. The lowest BCUT2D eigenvalue weighted by Gasteiger charge is -2.04. The minimum atomic E-state index is -4.38. The third-order valence-corrected chi connectivity index (χ3v) is 4.36. The van der Waals surface area contributed by atoms with Gasteiger partial charge in [0.2, 0.25) is 0 Å². The van der Waals surface area contributed by atoms with Crippen molar-refractivity contribution in [3.8, 4) is 22.5 Å². The van der Waals surface area contributed by atoms with Crippen molar-refractivity contribution in [1.82, 2.24) is 9.97 Å². The van der Waals surface area contributed by atoms with E-state index in [4.69, 9.17) is 11.6 Å². The van der Waals surface area contributed by atoms with Crippen molar-refractivity contribution in [1.29, 1.82) is 0 Å². The SMILES string of the molecule is FC(F)(F)c1ccc2[nH]c(-c3ccc(-c4cccc(Cl)c4)cc3)nc2c1. The van der Waals surface area contributed by atoms with E-state index in [1.807, 2.05) is 48.5 Å². The summed E-state index contributed by atoms with van der Waals surface area (Å²) in [7, 11) is 0. The van der Waals surface area contributed by atoms with Crippen molar-refractivity contribution in [2.24, 2.45) is 0 Å². The molecule has 1 N–H and O–H groups in total. The molecule has 2 nitrogen and oxygen atoms in total. The summed E-state index contributed by atoms with van der Waals surface area (Å²) in [6, 6.07) is 18.6. The van der Waals surface area contributed by atoms with E-state index in [2.05, 4.69) is 9.97 Å². The lowest BCUT2D eigenvalue weighted by molar-refractivity contribution is -0.137. The van der Waals surface area contributed by atoms with Crippen molar-refractivity contribution < 1.29 is 13.2 Å². The van der Waals surface area contributed by atoms with Crippen LogP contribution in [0.15, 0.2) is 66.7 Å². The predicted octanol–water partition coefficient (Wildman–Crippen LogP) is 6.57. The average molecular weight is 373 g/mol. The van der Waals surface area contributed by atoms with Crippen LogP contribution < -0.4 is 0 Å². The van der Waals surface area contributed by atoms with Crippen LogP contribution in [0.1, 0.15) is 5.56 Å². The van der Waals surface area contributed by atoms with Crippen molar-refractivity contribution >= 4 is 22.6 Å². The largest absolute Gasteiger partial charge is 0.416 e. The van der Waals surface area contributed by atoms with E-state index < -0.39 is 11.7 Å². The first-order valence-electron chi connectivity index (χ1n) is 7.83. The molecular formula is C20H12ClF3N2. The Morgan fingerprint density at radius 2 is 1.54 bits per heavy atom. The number of aromatic amines is 1. The molecule has 6 heteroatoms. The molecule has 0 unspecified atom stereocenters. The van der Waals surface area contributed by atoms with Crippen LogP contribution in [0.25, 0.3) is 33.5 Å². The highest BCUT2D eigenvalue weighted by Gasteiger charge is 2.30. The number of rotatable bonds is 2. The van der Waals surface area contributed by atoms with Crippen molar-refractivity contribution in [3.05, 3.63) is 77.3 Å². The van der Waals surface area contributed by atoms with Gasteiger partial charge in [-0.25, -0.2) is 4.98 Å². The van der Waals surface area contributed by atoms with Crippen molar-refractivity contribution in [2.75, 3.05) is 0 Å². The number of H-pyrrole nitrogens is 1. The summed E-state index contributed by atoms with van der Waals surface area (Å²) in [5, 5.41) is 0.657. The minimum Gasteiger partial charge on any atom is -0.338 e. The Morgan fingerprint density at radius 3 is 2.23 bits per heavy atom. The summed E-state index contributed by atoms with van der Waals surface area (Å²) in [5.74, 6) is 0.525. The van der Waals surface area contributed by atoms with Gasteiger partial charge in [-0.1, -0.05) is 48.0 Å². The lowest BCUT2D eigenvalue weighted by Crippen LogP contribution is -2.04. The number of hydrogen-bond acceptors (Lipinski definition) is 1. The van der Waals surface area contributed by atoms with E-state index >= 15 is 0 Å². The monoisotopic (exact) mass is 372 g/mol. The fourth-order valence-electron chi connectivity index (χ4n) is 2.81. The molecule has 0 atom stereocenters. The maximum Gasteiger partial charge on any atom is 0.416 e. The van der Waals surface area contributed by atoms with Gasteiger partial charge in [-0.3, -0.25) is 0 Å². The summed E-state index contributed by atoms with van der Waals surface area (Å²) in [6.07, 6.45) is -4.38. The molecule has 0 fully saturated rings. The molecule has 0 saturated heterocycles. The fourth-order valence-corrected chi connectivity index (χ4v) is 3.00. The summed E-state index contributed by atoms with van der Waals surface area (Å²) in [5.41, 5.74) is 2.91. The molecule has 0 aliphatic rings. The van der Waals surface area contributed by atoms with Crippen LogP contribution in [0.2, 0.25) is 5.02 Å². The molecule has 130 valence electrons. The first-order chi connectivity index (χ1) is 12.4. The van der Waals surface area contributed by atoms with E-state index in [-0.39, 0.29) is 5.52 Å². The molecule has 0 radical (unpaired) electrons. The summed E-state index contributed by atoms with van der Waals surface area (Å²) in [4.78, 5) is 7.36. The molecule has 4 rings (SSSR count). The lowest BCUT2D eigenvalue weighted by atomic mass is 10.0. The maximum absolute atomic E-state index is 12.8. The van der Waals surface area contributed by atoms with Crippen LogP contribution in [-0.4, -0.2) is 9.97 Å². The molecule has 0 amide bonds. The van der Waals surface area contributed by atoms with Gasteiger partial charge >= 0.3 is 6.18 Å². The van der Waals surface area contributed by atoms with Gasteiger partial charge in [-0.05, 0) is 41.5 Å². The molecule has 1 heterocycles. The number of alkyl halides is 3. The second kappa shape index (κ2) is 6.18. The van der Waals surface area contributed by atoms with Gasteiger partial charge in [-0.15, -0.1) is 0 Å². The minimum absolute atomic E-state index is 0.286. The second-order valence-corrected chi connectivity index (χ2v) is 6.34. The zero-order valence-corrected chi connectivity index (χ0v) is 14.1. The molecule has 0 aliphatic carbocycles. The molecule has 26 heavy (non-hydrogen) atoms. The first-order valence-corrected chi connectivity index (χ1v) is 8.21. The van der Waals surface area contributed by atoms with Gasteiger partial charge in [0, 0.05) is 10.6 Å². The highest BCUT2D eigenvalue weighted by molar-refractivity contribution is 6.30. The van der Waals surface area contributed by atoms with Crippen LogP contribution in [0, 0.1) is 0 Å². The van der Waals surface area contributed by atoms with E-state index in [0.29, 0.717) is 16.4 Å². The van der Waals surface area contributed by atoms with Gasteiger partial charge in [-0.2, -0.15) is 13.2 Å². The van der Waals surface area contributed by atoms with E-state index in [0.717, 1.165) is 28.8 Å². The van der Waals surface area contributed by atoms with Crippen LogP contribution in [-0.2, 0) is 6.18 Å². The van der Waals surface area contributed by atoms with Crippen molar-refractivity contribution in [3.63, 3.8) is 0 Å². The quantitative estimate of drug-likeness (QED) is 0.423. The fraction of sp³-hybridized carbons (Fsp3) is 0.0500. The molecule has 0 bridgehead atoms. The van der Waals surface area contributed by atoms with E-state index in [1.165, 1.54) is 6.07 Å². The smallest absolute Gasteiger partial charge is 0.338 e. The zero-order chi connectivity index (χ0) is 18.3. The molecular weight excluding hydrogens is 361 g/mol. The molecule has 1 aromatic heterocycles. The van der Waals surface area contributed by atoms with Gasteiger partial charge in [0.1, 0.15) is 5.82 Å². The highest BCUT2D eigenvalue weighted by Crippen LogP contribution is 2.32. The predicted molar refractivity (Wildman–Crippen MR) is 97.0 cm³/mol. The molecule has 0 aliphatic heterocycles. The van der Waals surface area contributed by atoms with E-state index in [9.17, 15) is 13.2 Å². The Kier molecular flexibility index (Phi) is 3.96. The van der Waals surface area contributed by atoms with Gasteiger partial charge in [0.05, 0.1) is 16.6 Å². The zero-order valence-electron chi connectivity index (χ0n) is 13.3. The van der Waals surface area contributed by atoms with Gasteiger partial charge in [0.15, 0.2) is 0 Å². The molecule has 0 spiro atoms. The Bertz CT molecular complexity index is 1080. The summed E-state index contributed by atoms with van der Waals surface area (Å²) < 4.78 is 38.5. The van der Waals surface area contributed by atoms with Crippen LogP contribution in [0.4, 0.5) is 13.2 Å². The topological polar surface area (TPSA) is 28.7 Å². The molecule has 0 saturated carbocycles. The van der Waals surface area contributed by atoms with Gasteiger partial charge in [0.25, 0.3) is 0 Å². The number of benzene rings is 3. The number of nitrogens with one attached hydrogen (secondary N) is 1. The number of imidazole rings is 1. The average Bonchev–Trinajstić information content (AvgIpc) is 3.04. The molecule has 3 aromatic carbocycles. The van der Waals surface area contributed by atoms with Crippen molar-refractivity contribution in [2.45, 2.75) is 6.18 Å². The maximum atomic E-state index is 12.8. The Hall–Kier alpha value is -2.79. The van der Waals surface area contributed by atoms with E-state index in [1.54, 1.807) is 0 Å². The Labute approximate surface area is 152 Å². The summed E-state index contributed by atoms with van der Waals surface area (Å²) >= 11 is 6.02. The third kappa shape index (κ3) is 3.18. The number of hydrogen-bond donors (Lipinski definition) is 1. The second-order valence-electron chi connectivity index (χ2n) is 5.90. The third-order valence-electron chi connectivity index (χ3n) is 4.13. The number of fused-ring (bicyclic) bond motifs is 1. The first kappa shape index (κ1) is 16.7. The highest BCUT2D eigenvalue weighted by atomic mass is 35.5. The van der Waals surface area contributed by atoms with Crippen LogP contribution in [0.3, 0.4) is 0 Å². The number of aromatic nitrogens is 2. The number of nitrogens with zero attached hydrogens (tertiary/aromatic N) is 1. The Balaban J connectivity index is 1.69. The number of halogens is 4. The van der Waals surface area contributed by atoms with Crippen LogP contribution >= 0.6 is 11.6 Å². The molecule has 4 aromatic rings. The Morgan fingerprint density at radius 1 is 0.808 bits per heavy atom. The van der Waals surface area contributed by atoms with Gasteiger partial charge < -0.3 is 4.98 Å². The standard InChI is InChI=1S/C20H12ClF3N2/c21-16-3-1-2-14(10-16)12-4-6-13(7-5-12)19-25-17-9-8-15(20(22,23)24)11-18(17)26-19/h1-11H,(H,25,26).